The fraction of sp³-hybridized carbons (Fsp3) is 0.429. The number of ketones is 1. The first kappa shape index (κ1) is 21.4. The molecule has 1 aromatic heterocycles. The number of hydrogen-bond donors (Lipinski definition) is 0. The number of aromatic nitrogens is 1. The molecule has 2 aliphatic rings. The van der Waals surface area contributed by atoms with E-state index in [2.05, 4.69) is 28.8 Å². The van der Waals surface area contributed by atoms with Crippen LogP contribution in [0, 0.1) is 0 Å². The predicted octanol–water partition coefficient (Wildman–Crippen LogP) is 7.19. The van der Waals surface area contributed by atoms with Crippen LogP contribution in [0.1, 0.15) is 85.5 Å². The smallest absolute Gasteiger partial charge is 0.205 e. The Kier molecular flexibility index (Phi) is 6.68. The van der Waals surface area contributed by atoms with E-state index in [0.29, 0.717) is 12.1 Å². The second-order valence-corrected chi connectivity index (χ2v) is 10.2. The quantitative estimate of drug-likeness (QED) is 0.384. The Morgan fingerprint density at radius 1 is 0.781 bits per heavy atom. The largest absolute Gasteiger partial charge is 0.313 e. The van der Waals surface area contributed by atoms with Gasteiger partial charge in [-0.15, -0.1) is 0 Å². The fourth-order valence-corrected chi connectivity index (χ4v) is 6.51. The van der Waals surface area contributed by atoms with E-state index >= 15 is 0 Å². The molecule has 0 spiro atoms. The van der Waals surface area contributed by atoms with Gasteiger partial charge < -0.3 is 4.57 Å². The Bertz CT molecular complexity index is 1100. The minimum Gasteiger partial charge on any atom is -0.313 e. The molecular weight excluding hydrogens is 412 g/mol. The van der Waals surface area contributed by atoms with Crippen molar-refractivity contribution in [2.45, 2.75) is 76.3 Å². The van der Waals surface area contributed by atoms with Gasteiger partial charge in [-0.05, 0) is 31.2 Å². The Morgan fingerprint density at radius 2 is 1.38 bits per heavy atom. The van der Waals surface area contributed by atoms with Crippen molar-refractivity contribution >= 4 is 17.1 Å². The summed E-state index contributed by atoms with van der Waals surface area (Å²) in [5.74, 6) is 0.115. The number of nitrogens with zero attached hydrogens (tertiary/aromatic N) is 2. The van der Waals surface area contributed by atoms with Crippen molar-refractivity contribution in [2.75, 3.05) is 0 Å². The molecule has 0 atom stereocenters. The summed E-state index contributed by atoms with van der Waals surface area (Å²) in [5, 5.41) is 0. The summed E-state index contributed by atoms with van der Waals surface area (Å²) in [6, 6.07) is 21.0. The van der Waals surface area contributed by atoms with Crippen LogP contribution in [-0.4, -0.2) is 16.4 Å². The summed E-state index contributed by atoms with van der Waals surface area (Å²) in [7, 11) is 0. The molecule has 2 fully saturated rings. The van der Waals surface area contributed by atoms with Gasteiger partial charge in [0, 0.05) is 11.6 Å². The van der Waals surface area contributed by atoms with Crippen LogP contribution in [0.25, 0.3) is 11.3 Å². The van der Waals surface area contributed by atoms with Gasteiger partial charge in [0.25, 0.3) is 0 Å². The molecule has 0 N–H and O–H groups in total. The van der Waals surface area contributed by atoms with Gasteiger partial charge in [-0.1, -0.05) is 111 Å². The van der Waals surface area contributed by atoms with E-state index in [1.165, 1.54) is 64.2 Å². The van der Waals surface area contributed by atoms with Crippen LogP contribution < -0.4 is 4.80 Å². The van der Waals surface area contributed by atoms with Gasteiger partial charge in [-0.25, -0.2) is 0 Å². The molecule has 166 valence electrons. The molecule has 2 saturated carbocycles. The van der Waals surface area contributed by atoms with Crippen molar-refractivity contribution < 1.29 is 4.79 Å². The van der Waals surface area contributed by atoms with E-state index in [9.17, 15) is 4.79 Å². The predicted molar refractivity (Wildman–Crippen MR) is 132 cm³/mol. The molecule has 5 rings (SSSR count). The monoisotopic (exact) mass is 444 g/mol. The number of benzene rings is 2. The Hall–Kier alpha value is -2.46. The lowest BCUT2D eigenvalue weighted by atomic mass is 9.94. The summed E-state index contributed by atoms with van der Waals surface area (Å²) in [6.45, 7) is 0. The maximum atomic E-state index is 13.7. The van der Waals surface area contributed by atoms with Gasteiger partial charge in [0.15, 0.2) is 4.80 Å². The highest BCUT2D eigenvalue weighted by atomic mass is 32.1. The van der Waals surface area contributed by atoms with E-state index in [0.717, 1.165) is 26.5 Å². The van der Waals surface area contributed by atoms with Gasteiger partial charge in [0.2, 0.25) is 5.78 Å². The molecule has 3 aromatic rings. The first-order valence-electron chi connectivity index (χ1n) is 12.3. The highest BCUT2D eigenvalue weighted by molar-refractivity contribution is 7.12. The van der Waals surface area contributed by atoms with Gasteiger partial charge in [0.1, 0.15) is 4.88 Å². The van der Waals surface area contributed by atoms with E-state index in [-0.39, 0.29) is 5.78 Å². The summed E-state index contributed by atoms with van der Waals surface area (Å²) < 4.78 is 2.46. The third kappa shape index (κ3) is 4.52. The molecule has 2 aliphatic carbocycles. The second kappa shape index (κ2) is 9.99. The molecule has 32 heavy (non-hydrogen) atoms. The summed E-state index contributed by atoms with van der Waals surface area (Å²) in [4.78, 5) is 20.9. The zero-order valence-electron chi connectivity index (χ0n) is 18.7. The first-order chi connectivity index (χ1) is 15.8. The van der Waals surface area contributed by atoms with Crippen LogP contribution in [0.4, 0.5) is 0 Å². The lowest BCUT2D eigenvalue weighted by molar-refractivity contribution is 0.104. The number of carbonyl (C=O) groups excluding carboxylic acids is 1. The topological polar surface area (TPSA) is 34.4 Å². The average molecular weight is 445 g/mol. The van der Waals surface area contributed by atoms with Crippen molar-refractivity contribution in [3.63, 3.8) is 0 Å². The van der Waals surface area contributed by atoms with Gasteiger partial charge in [-0.2, -0.15) is 0 Å². The lowest BCUT2D eigenvalue weighted by Crippen LogP contribution is -2.26. The van der Waals surface area contributed by atoms with Gasteiger partial charge in [0.05, 0.1) is 11.7 Å². The molecule has 0 amide bonds. The third-order valence-corrected chi connectivity index (χ3v) is 8.02. The molecule has 1 heterocycles. The molecule has 3 nitrogen and oxygen atoms in total. The van der Waals surface area contributed by atoms with Crippen molar-refractivity contribution in [1.29, 1.82) is 0 Å². The lowest BCUT2D eigenvalue weighted by Gasteiger charge is -2.26. The third-order valence-electron chi connectivity index (χ3n) is 6.95. The molecule has 0 bridgehead atoms. The number of rotatable bonds is 5. The number of hydrogen-bond acceptors (Lipinski definition) is 3. The normalized spacial score (nSPS) is 18.7. The van der Waals surface area contributed by atoms with Gasteiger partial charge >= 0.3 is 0 Å². The first-order valence-corrected chi connectivity index (χ1v) is 13.1. The second-order valence-electron chi connectivity index (χ2n) is 9.21. The Balaban J connectivity index is 1.72. The SMILES string of the molecule is O=C(c1ccccc1)c1sc(=NC2CCCCC2)n(C2CCCCC2)c1-c1ccccc1. The van der Waals surface area contributed by atoms with Crippen molar-refractivity contribution in [1.82, 2.24) is 4.57 Å². The molecule has 2 aromatic carbocycles. The Morgan fingerprint density at radius 3 is 2.03 bits per heavy atom. The molecule has 0 aliphatic heterocycles. The molecule has 0 saturated heterocycles. The average Bonchev–Trinajstić information content (AvgIpc) is 3.24. The zero-order valence-corrected chi connectivity index (χ0v) is 19.5. The maximum absolute atomic E-state index is 13.7. The zero-order chi connectivity index (χ0) is 21.8. The van der Waals surface area contributed by atoms with E-state index in [4.69, 9.17) is 4.99 Å². The molecule has 0 unspecified atom stereocenters. The van der Waals surface area contributed by atoms with Crippen LogP contribution in [0.5, 0.6) is 0 Å². The molecule has 0 radical (unpaired) electrons. The number of carbonyl (C=O) groups is 1. The Labute approximate surface area is 194 Å². The highest BCUT2D eigenvalue weighted by Crippen LogP contribution is 2.36. The van der Waals surface area contributed by atoms with E-state index in [1.54, 1.807) is 11.3 Å². The minimum atomic E-state index is 0.115. The standard InChI is InChI=1S/C28H32N2OS/c31-26(22-15-7-2-8-16-22)27-25(21-13-5-1-6-14-21)30(24-19-11-4-12-20-24)28(32-27)29-23-17-9-3-10-18-23/h1-2,5-8,13-16,23-24H,3-4,9-12,17-20H2. The molecule has 4 heteroatoms. The summed E-state index contributed by atoms with van der Waals surface area (Å²) >= 11 is 1.62. The number of thiazole rings is 1. The van der Waals surface area contributed by atoms with Crippen LogP contribution in [0.2, 0.25) is 0 Å². The summed E-state index contributed by atoms with van der Waals surface area (Å²) in [5.41, 5.74) is 2.95. The van der Waals surface area contributed by atoms with Crippen LogP contribution in [0.15, 0.2) is 65.7 Å². The van der Waals surface area contributed by atoms with Crippen molar-refractivity contribution in [3.8, 4) is 11.3 Å². The van der Waals surface area contributed by atoms with Crippen molar-refractivity contribution in [3.05, 3.63) is 75.9 Å². The maximum Gasteiger partial charge on any atom is 0.205 e. The van der Waals surface area contributed by atoms with Crippen LogP contribution in [0.3, 0.4) is 0 Å². The highest BCUT2D eigenvalue weighted by Gasteiger charge is 2.27. The minimum absolute atomic E-state index is 0.115. The van der Waals surface area contributed by atoms with Crippen LogP contribution in [-0.2, 0) is 0 Å². The van der Waals surface area contributed by atoms with Crippen LogP contribution >= 0.6 is 11.3 Å². The van der Waals surface area contributed by atoms with E-state index in [1.807, 2.05) is 36.4 Å². The van der Waals surface area contributed by atoms with E-state index < -0.39 is 0 Å². The molecular formula is C28H32N2OS. The van der Waals surface area contributed by atoms with Crippen molar-refractivity contribution in [2.24, 2.45) is 4.99 Å². The van der Waals surface area contributed by atoms with Gasteiger partial charge in [-0.3, -0.25) is 9.79 Å². The fourth-order valence-electron chi connectivity index (χ4n) is 5.27. The summed E-state index contributed by atoms with van der Waals surface area (Å²) in [6.07, 6.45) is 12.4.